The molecule has 2 N–H and O–H groups in total. The second-order valence-electron chi connectivity index (χ2n) is 6.15. The van der Waals surface area contributed by atoms with Crippen LogP contribution in [0.5, 0.6) is 5.75 Å². The number of halogens is 2. The third-order valence-electron chi connectivity index (χ3n) is 4.34. The van der Waals surface area contributed by atoms with Gasteiger partial charge in [-0.3, -0.25) is 4.79 Å². The van der Waals surface area contributed by atoms with Crippen LogP contribution < -0.4 is 10.5 Å². The molecule has 132 valence electrons. The zero-order valence-electron chi connectivity index (χ0n) is 13.8. The molecule has 1 saturated heterocycles. The van der Waals surface area contributed by atoms with Crippen molar-refractivity contribution in [3.05, 3.63) is 63.6 Å². The molecule has 0 aliphatic carbocycles. The van der Waals surface area contributed by atoms with Crippen LogP contribution in [0.15, 0.2) is 42.5 Å². The third kappa shape index (κ3) is 4.46. The second-order valence-corrected chi connectivity index (χ2v) is 6.99. The van der Waals surface area contributed by atoms with Gasteiger partial charge in [-0.15, -0.1) is 0 Å². The number of rotatable bonds is 4. The van der Waals surface area contributed by atoms with Crippen molar-refractivity contribution in [1.82, 2.24) is 4.90 Å². The molecule has 0 aromatic heterocycles. The maximum Gasteiger partial charge on any atom is 0.257 e. The van der Waals surface area contributed by atoms with Gasteiger partial charge >= 0.3 is 0 Å². The minimum atomic E-state index is -0.0234. The maximum absolute atomic E-state index is 12.8. The predicted molar refractivity (Wildman–Crippen MR) is 100 cm³/mol. The van der Waals surface area contributed by atoms with E-state index in [0.717, 1.165) is 18.4 Å². The summed E-state index contributed by atoms with van der Waals surface area (Å²) >= 11 is 12.1. The van der Waals surface area contributed by atoms with Gasteiger partial charge in [0.25, 0.3) is 5.91 Å². The number of carbonyl (C=O) groups is 1. The molecule has 0 atom stereocenters. The Morgan fingerprint density at radius 1 is 1.16 bits per heavy atom. The number of hydrogen-bond acceptors (Lipinski definition) is 3. The molecule has 1 aliphatic heterocycles. The lowest BCUT2D eigenvalue weighted by molar-refractivity contribution is 0.0710. The first-order valence-corrected chi connectivity index (χ1v) is 9.01. The molecule has 1 aliphatic rings. The molecule has 2 aromatic rings. The summed E-state index contributed by atoms with van der Waals surface area (Å²) in [5.74, 6) is 0.526. The zero-order valence-corrected chi connectivity index (χ0v) is 15.3. The van der Waals surface area contributed by atoms with Crippen molar-refractivity contribution < 1.29 is 9.53 Å². The van der Waals surface area contributed by atoms with Crippen LogP contribution in [0.3, 0.4) is 0 Å². The molecule has 3 rings (SSSR count). The highest BCUT2D eigenvalue weighted by Gasteiger charge is 2.23. The van der Waals surface area contributed by atoms with Gasteiger partial charge in [0.2, 0.25) is 0 Å². The van der Waals surface area contributed by atoms with E-state index in [-0.39, 0.29) is 18.6 Å². The van der Waals surface area contributed by atoms with E-state index in [1.165, 1.54) is 0 Å². The summed E-state index contributed by atoms with van der Waals surface area (Å²) in [4.78, 5) is 14.6. The Bertz CT molecular complexity index is 759. The van der Waals surface area contributed by atoms with Crippen LogP contribution in [0.4, 0.5) is 0 Å². The Kier molecular flexibility index (Phi) is 5.84. The summed E-state index contributed by atoms with van der Waals surface area (Å²) < 4.78 is 5.88. The first kappa shape index (κ1) is 18.1. The topological polar surface area (TPSA) is 55.6 Å². The molecular formula is C19H20Cl2N2O2. The van der Waals surface area contributed by atoms with E-state index in [4.69, 9.17) is 33.7 Å². The fourth-order valence-electron chi connectivity index (χ4n) is 2.84. The van der Waals surface area contributed by atoms with E-state index < -0.39 is 0 Å². The molecule has 1 amide bonds. The van der Waals surface area contributed by atoms with Gasteiger partial charge in [0, 0.05) is 34.7 Å². The lowest BCUT2D eigenvalue weighted by Crippen LogP contribution is -2.42. The lowest BCUT2D eigenvalue weighted by Gasteiger charge is -2.30. The SMILES string of the molecule is NC1CCN(C(=O)c2ccccc2OCc2ccc(Cl)cc2Cl)CC1. The molecule has 0 radical (unpaired) electrons. The predicted octanol–water partition coefficient (Wildman–Crippen LogP) is 4.14. The molecule has 4 nitrogen and oxygen atoms in total. The Hall–Kier alpha value is -1.75. The Labute approximate surface area is 157 Å². The van der Waals surface area contributed by atoms with Crippen LogP contribution in [-0.2, 0) is 6.61 Å². The molecule has 25 heavy (non-hydrogen) atoms. The van der Waals surface area contributed by atoms with Gasteiger partial charge < -0.3 is 15.4 Å². The number of carbonyl (C=O) groups excluding carboxylic acids is 1. The summed E-state index contributed by atoms with van der Waals surface area (Å²) in [7, 11) is 0. The quantitative estimate of drug-likeness (QED) is 0.869. The molecule has 0 unspecified atom stereocenters. The first-order chi connectivity index (χ1) is 12.0. The molecule has 1 heterocycles. The van der Waals surface area contributed by atoms with Crippen molar-refractivity contribution in [3.8, 4) is 5.75 Å². The Morgan fingerprint density at radius 3 is 2.60 bits per heavy atom. The molecule has 0 bridgehead atoms. The van der Waals surface area contributed by atoms with Crippen molar-refractivity contribution in [2.45, 2.75) is 25.5 Å². The number of benzene rings is 2. The number of likely N-dealkylation sites (tertiary alicyclic amines) is 1. The highest BCUT2D eigenvalue weighted by Crippen LogP contribution is 2.25. The van der Waals surface area contributed by atoms with Crippen molar-refractivity contribution in [3.63, 3.8) is 0 Å². The summed E-state index contributed by atoms with van der Waals surface area (Å²) in [5, 5.41) is 1.12. The minimum Gasteiger partial charge on any atom is -0.488 e. The Morgan fingerprint density at radius 2 is 1.88 bits per heavy atom. The fraction of sp³-hybridized carbons (Fsp3) is 0.316. The zero-order chi connectivity index (χ0) is 17.8. The molecular weight excluding hydrogens is 359 g/mol. The Balaban J connectivity index is 1.73. The average Bonchev–Trinajstić information content (AvgIpc) is 2.61. The number of nitrogens with two attached hydrogens (primary N) is 1. The van der Waals surface area contributed by atoms with E-state index in [1.54, 1.807) is 24.3 Å². The van der Waals surface area contributed by atoms with Gasteiger partial charge in [-0.05, 0) is 37.1 Å². The lowest BCUT2D eigenvalue weighted by atomic mass is 10.0. The number of hydrogen-bond donors (Lipinski definition) is 1. The monoisotopic (exact) mass is 378 g/mol. The highest BCUT2D eigenvalue weighted by atomic mass is 35.5. The van der Waals surface area contributed by atoms with Gasteiger partial charge in [0.05, 0.1) is 5.56 Å². The normalized spacial score (nSPS) is 15.2. The summed E-state index contributed by atoms with van der Waals surface area (Å²) in [6, 6.07) is 12.7. The van der Waals surface area contributed by atoms with Crippen LogP contribution in [-0.4, -0.2) is 29.9 Å². The smallest absolute Gasteiger partial charge is 0.257 e. The van der Waals surface area contributed by atoms with Gasteiger partial charge in [0.15, 0.2) is 0 Å². The van der Waals surface area contributed by atoms with Gasteiger partial charge in [-0.25, -0.2) is 0 Å². The van der Waals surface area contributed by atoms with Gasteiger partial charge in [-0.1, -0.05) is 41.4 Å². The summed E-state index contributed by atoms with van der Waals surface area (Å²) in [5.41, 5.74) is 7.29. The number of amides is 1. The molecule has 0 saturated carbocycles. The van der Waals surface area contributed by atoms with Crippen LogP contribution in [0.25, 0.3) is 0 Å². The maximum atomic E-state index is 12.8. The molecule has 1 fully saturated rings. The average molecular weight is 379 g/mol. The van der Waals surface area contributed by atoms with Crippen molar-refractivity contribution in [2.24, 2.45) is 5.73 Å². The standard InChI is InChI=1S/C19H20Cl2N2O2/c20-14-6-5-13(17(21)11-14)12-25-18-4-2-1-3-16(18)19(24)23-9-7-15(22)8-10-23/h1-6,11,15H,7-10,12,22H2. The summed E-state index contributed by atoms with van der Waals surface area (Å²) in [6.07, 6.45) is 1.66. The van der Waals surface area contributed by atoms with E-state index in [1.807, 2.05) is 23.1 Å². The van der Waals surface area contributed by atoms with E-state index in [2.05, 4.69) is 0 Å². The first-order valence-electron chi connectivity index (χ1n) is 8.25. The molecule has 6 heteroatoms. The third-order valence-corrected chi connectivity index (χ3v) is 4.93. The minimum absolute atomic E-state index is 0.0234. The van der Waals surface area contributed by atoms with Crippen LogP contribution in [0.2, 0.25) is 10.0 Å². The number of piperidine rings is 1. The number of ether oxygens (including phenoxy) is 1. The molecule has 0 spiro atoms. The summed E-state index contributed by atoms with van der Waals surface area (Å²) in [6.45, 7) is 1.62. The van der Waals surface area contributed by atoms with E-state index >= 15 is 0 Å². The van der Waals surface area contributed by atoms with Crippen molar-refractivity contribution in [1.29, 1.82) is 0 Å². The number of nitrogens with zero attached hydrogens (tertiary/aromatic N) is 1. The van der Waals surface area contributed by atoms with Crippen LogP contribution >= 0.6 is 23.2 Å². The van der Waals surface area contributed by atoms with Gasteiger partial charge in [0.1, 0.15) is 12.4 Å². The highest BCUT2D eigenvalue weighted by molar-refractivity contribution is 6.35. The second kappa shape index (κ2) is 8.09. The van der Waals surface area contributed by atoms with Crippen molar-refractivity contribution >= 4 is 29.1 Å². The van der Waals surface area contributed by atoms with Crippen molar-refractivity contribution in [2.75, 3.05) is 13.1 Å². The largest absolute Gasteiger partial charge is 0.488 e. The van der Waals surface area contributed by atoms with E-state index in [0.29, 0.717) is 34.4 Å². The fourth-order valence-corrected chi connectivity index (χ4v) is 3.30. The van der Waals surface area contributed by atoms with Gasteiger partial charge in [-0.2, -0.15) is 0 Å². The molecule has 2 aromatic carbocycles. The van der Waals surface area contributed by atoms with E-state index in [9.17, 15) is 4.79 Å². The van der Waals surface area contributed by atoms with Crippen LogP contribution in [0.1, 0.15) is 28.8 Å². The number of para-hydroxylation sites is 1. The van der Waals surface area contributed by atoms with Crippen LogP contribution in [0, 0.1) is 0 Å².